The van der Waals surface area contributed by atoms with E-state index in [-0.39, 0.29) is 17.6 Å². The molecule has 0 bridgehead atoms. The maximum absolute atomic E-state index is 12.2. The van der Waals surface area contributed by atoms with E-state index < -0.39 is 0 Å². The Kier molecular flexibility index (Phi) is 3.92. The maximum atomic E-state index is 12.2. The van der Waals surface area contributed by atoms with Gasteiger partial charge < -0.3 is 14.2 Å². The minimum atomic E-state index is -0.0213. The molecule has 0 atom stereocenters. The molecule has 1 saturated carbocycles. The molecule has 0 spiro atoms. The molecule has 24 heavy (non-hydrogen) atoms. The Morgan fingerprint density at radius 1 is 1.33 bits per heavy atom. The van der Waals surface area contributed by atoms with Gasteiger partial charge in [-0.3, -0.25) is 9.59 Å². The number of aryl methyl sites for hydroxylation is 1. The van der Waals surface area contributed by atoms with Crippen molar-refractivity contribution >= 4 is 17.2 Å². The summed E-state index contributed by atoms with van der Waals surface area (Å²) in [5.74, 6) is 0.748. The number of hydrogen-bond acceptors (Lipinski definition) is 4. The average Bonchev–Trinajstić information content (AvgIpc) is 3.18. The van der Waals surface area contributed by atoms with E-state index in [9.17, 15) is 9.59 Å². The summed E-state index contributed by atoms with van der Waals surface area (Å²) in [6, 6.07) is 5.85. The highest BCUT2D eigenvalue weighted by molar-refractivity contribution is 7.08. The van der Waals surface area contributed by atoms with Gasteiger partial charge in [0, 0.05) is 17.8 Å². The second-order valence-corrected chi connectivity index (χ2v) is 7.40. The Bertz CT molecular complexity index is 802. The number of pyridine rings is 1. The first kappa shape index (κ1) is 15.4. The fraction of sp³-hybridized carbons (Fsp3) is 0.444. The minimum Gasteiger partial charge on any atom is -0.486 e. The van der Waals surface area contributed by atoms with E-state index in [0.717, 1.165) is 24.1 Å². The molecule has 0 N–H and O–H groups in total. The van der Waals surface area contributed by atoms with Crippen LogP contribution in [-0.4, -0.2) is 34.6 Å². The zero-order valence-electron chi connectivity index (χ0n) is 13.6. The van der Waals surface area contributed by atoms with Crippen molar-refractivity contribution in [1.82, 2.24) is 9.47 Å². The Hall–Kier alpha value is -2.08. The number of hydrogen-bond donors (Lipinski definition) is 0. The van der Waals surface area contributed by atoms with Crippen LogP contribution in [0.1, 0.15) is 30.1 Å². The van der Waals surface area contributed by atoms with Gasteiger partial charge in [0.05, 0.1) is 19.5 Å². The van der Waals surface area contributed by atoms with Crippen LogP contribution in [0.25, 0.3) is 0 Å². The van der Waals surface area contributed by atoms with E-state index in [4.69, 9.17) is 4.74 Å². The third-order valence-corrected chi connectivity index (χ3v) is 5.32. The van der Waals surface area contributed by atoms with Gasteiger partial charge in [0.2, 0.25) is 5.91 Å². The van der Waals surface area contributed by atoms with Gasteiger partial charge in [-0.15, -0.1) is 0 Å². The first-order valence-electron chi connectivity index (χ1n) is 8.29. The van der Waals surface area contributed by atoms with E-state index in [1.165, 1.54) is 0 Å². The number of likely N-dealkylation sites (tertiary alicyclic amines) is 1. The number of rotatable bonds is 5. The van der Waals surface area contributed by atoms with Crippen LogP contribution in [-0.2, 0) is 11.2 Å². The molecule has 0 unspecified atom stereocenters. The number of amides is 1. The number of thiophene rings is 1. The van der Waals surface area contributed by atoms with Crippen LogP contribution in [0.4, 0.5) is 0 Å². The van der Waals surface area contributed by atoms with Crippen molar-refractivity contribution in [2.45, 2.75) is 38.3 Å². The van der Waals surface area contributed by atoms with Crippen LogP contribution in [0.5, 0.6) is 5.75 Å². The van der Waals surface area contributed by atoms with Gasteiger partial charge >= 0.3 is 0 Å². The molecule has 2 aliphatic rings. The molecule has 5 nitrogen and oxygen atoms in total. The summed E-state index contributed by atoms with van der Waals surface area (Å²) in [7, 11) is 0. The molecule has 2 fully saturated rings. The van der Waals surface area contributed by atoms with Gasteiger partial charge in [0.25, 0.3) is 5.56 Å². The summed E-state index contributed by atoms with van der Waals surface area (Å²) in [5.41, 5.74) is 2.02. The Morgan fingerprint density at radius 2 is 2.12 bits per heavy atom. The van der Waals surface area contributed by atoms with E-state index in [1.54, 1.807) is 22.3 Å². The van der Waals surface area contributed by atoms with Crippen molar-refractivity contribution < 1.29 is 9.53 Å². The Morgan fingerprint density at radius 3 is 2.75 bits per heavy atom. The van der Waals surface area contributed by atoms with Gasteiger partial charge in [0.1, 0.15) is 11.9 Å². The molecule has 1 aliphatic carbocycles. The maximum Gasteiger partial charge on any atom is 0.254 e. The Balaban J connectivity index is 1.33. The summed E-state index contributed by atoms with van der Waals surface area (Å²) in [6.07, 6.45) is 2.61. The van der Waals surface area contributed by atoms with Crippen LogP contribution in [0.2, 0.25) is 0 Å². The molecule has 0 radical (unpaired) electrons. The third-order valence-electron chi connectivity index (χ3n) is 4.59. The molecule has 4 rings (SSSR count). The van der Waals surface area contributed by atoms with E-state index in [0.29, 0.717) is 31.3 Å². The number of carbonyl (C=O) groups excluding carboxylic acids is 1. The van der Waals surface area contributed by atoms with E-state index in [2.05, 4.69) is 0 Å². The summed E-state index contributed by atoms with van der Waals surface area (Å²) in [5, 5.41) is 3.99. The predicted octanol–water partition coefficient (Wildman–Crippen LogP) is 2.39. The number of nitrogens with zero attached hydrogens (tertiary/aromatic N) is 2. The Labute approximate surface area is 144 Å². The van der Waals surface area contributed by atoms with Gasteiger partial charge in [-0.05, 0) is 48.2 Å². The summed E-state index contributed by atoms with van der Waals surface area (Å²) in [4.78, 5) is 26.2. The molecule has 1 amide bonds. The highest BCUT2D eigenvalue weighted by atomic mass is 32.1. The third kappa shape index (κ3) is 3.11. The van der Waals surface area contributed by atoms with Crippen LogP contribution >= 0.6 is 11.3 Å². The van der Waals surface area contributed by atoms with Crippen molar-refractivity contribution in [2.75, 3.05) is 13.1 Å². The SMILES string of the molecule is Cc1cc(OC2CN(C(=O)Cc3ccsc3)C2)cc(=O)n1C1CC1. The van der Waals surface area contributed by atoms with Crippen molar-refractivity contribution in [1.29, 1.82) is 0 Å². The monoisotopic (exact) mass is 344 g/mol. The molecule has 1 aliphatic heterocycles. The zero-order valence-corrected chi connectivity index (χ0v) is 14.4. The quantitative estimate of drug-likeness (QED) is 0.837. The topological polar surface area (TPSA) is 51.5 Å². The lowest BCUT2D eigenvalue weighted by molar-refractivity contribution is -0.139. The van der Waals surface area contributed by atoms with Gasteiger partial charge in [-0.2, -0.15) is 11.3 Å². The largest absolute Gasteiger partial charge is 0.486 e. The fourth-order valence-corrected chi connectivity index (χ4v) is 3.81. The van der Waals surface area contributed by atoms with Gasteiger partial charge in [-0.1, -0.05) is 0 Å². The molecular formula is C18H20N2O3S. The second kappa shape index (κ2) is 6.09. The van der Waals surface area contributed by atoms with Gasteiger partial charge in [-0.25, -0.2) is 0 Å². The van der Waals surface area contributed by atoms with Gasteiger partial charge in [0.15, 0.2) is 0 Å². The fourth-order valence-electron chi connectivity index (χ4n) is 3.14. The highest BCUT2D eigenvalue weighted by Gasteiger charge is 2.32. The molecule has 3 heterocycles. The van der Waals surface area contributed by atoms with E-state index in [1.807, 2.05) is 34.4 Å². The smallest absolute Gasteiger partial charge is 0.254 e. The lowest BCUT2D eigenvalue weighted by Crippen LogP contribution is -2.56. The average molecular weight is 344 g/mol. The van der Waals surface area contributed by atoms with Crippen LogP contribution in [0.15, 0.2) is 33.8 Å². The standard InChI is InChI=1S/C18H20N2O3S/c1-12-6-15(8-18(22)20(12)14-2-3-14)23-16-9-19(10-16)17(21)7-13-4-5-24-11-13/h4-6,8,11,14,16H,2-3,7,9-10H2,1H3. The van der Waals surface area contributed by atoms with Crippen molar-refractivity contribution in [3.8, 4) is 5.75 Å². The molecule has 0 aromatic carbocycles. The van der Waals surface area contributed by atoms with Crippen molar-refractivity contribution in [3.05, 3.63) is 50.6 Å². The summed E-state index contributed by atoms with van der Waals surface area (Å²) in [6.45, 7) is 3.13. The van der Waals surface area contributed by atoms with E-state index >= 15 is 0 Å². The molecule has 1 saturated heterocycles. The van der Waals surface area contributed by atoms with Crippen LogP contribution < -0.4 is 10.3 Å². The number of carbonyl (C=O) groups is 1. The molecule has 2 aromatic rings. The predicted molar refractivity (Wildman–Crippen MR) is 92.7 cm³/mol. The zero-order chi connectivity index (χ0) is 16.7. The molecule has 6 heteroatoms. The minimum absolute atomic E-state index is 0.0113. The highest BCUT2D eigenvalue weighted by Crippen LogP contribution is 2.35. The number of ether oxygens (including phenoxy) is 1. The summed E-state index contributed by atoms with van der Waals surface area (Å²) < 4.78 is 7.73. The van der Waals surface area contributed by atoms with Crippen molar-refractivity contribution in [2.24, 2.45) is 0 Å². The lowest BCUT2D eigenvalue weighted by Gasteiger charge is -2.39. The van der Waals surface area contributed by atoms with Crippen molar-refractivity contribution in [3.63, 3.8) is 0 Å². The number of aromatic nitrogens is 1. The first-order chi connectivity index (χ1) is 11.6. The molecular weight excluding hydrogens is 324 g/mol. The normalized spacial score (nSPS) is 17.6. The molecule has 2 aromatic heterocycles. The van der Waals surface area contributed by atoms with Crippen LogP contribution in [0.3, 0.4) is 0 Å². The second-order valence-electron chi connectivity index (χ2n) is 6.62. The lowest BCUT2D eigenvalue weighted by atomic mass is 10.1. The summed E-state index contributed by atoms with van der Waals surface area (Å²) >= 11 is 1.60. The molecule has 126 valence electrons. The van der Waals surface area contributed by atoms with Crippen LogP contribution in [0, 0.1) is 6.92 Å². The first-order valence-corrected chi connectivity index (χ1v) is 9.23.